The van der Waals surface area contributed by atoms with Crippen LogP contribution in [0.15, 0.2) is 18.2 Å². The van der Waals surface area contributed by atoms with Crippen LogP contribution in [0.4, 0.5) is 11.4 Å². The molecule has 1 unspecified atom stereocenters. The van der Waals surface area contributed by atoms with Crippen LogP contribution in [-0.2, 0) is 0 Å². The van der Waals surface area contributed by atoms with Crippen LogP contribution < -0.4 is 16.8 Å². The van der Waals surface area contributed by atoms with Gasteiger partial charge < -0.3 is 16.8 Å². The first-order valence-corrected chi connectivity index (χ1v) is 6.44. The lowest BCUT2D eigenvalue weighted by atomic mass is 9.95. The van der Waals surface area contributed by atoms with Crippen molar-refractivity contribution < 1.29 is 9.72 Å². The largest absolute Gasteiger partial charge is 0.398 e. The number of benzene rings is 1. The highest BCUT2D eigenvalue weighted by molar-refractivity contribution is 6.00. The average Bonchev–Trinajstić information content (AvgIpc) is 3.23. The Balaban J connectivity index is 2.24. The van der Waals surface area contributed by atoms with Crippen molar-refractivity contribution in [1.29, 1.82) is 0 Å². The Kier molecular flexibility index (Phi) is 3.63. The number of rotatable bonds is 5. The van der Waals surface area contributed by atoms with Crippen LogP contribution in [0, 0.1) is 16.0 Å². The van der Waals surface area contributed by atoms with Gasteiger partial charge in [-0.25, -0.2) is 0 Å². The molecule has 1 fully saturated rings. The predicted octanol–water partition coefficient (Wildman–Crippen LogP) is 1.03. The van der Waals surface area contributed by atoms with Gasteiger partial charge >= 0.3 is 0 Å². The number of nitrogens with one attached hydrogen (secondary N) is 1. The fraction of sp³-hybridized carbons (Fsp3) is 0.462. The van der Waals surface area contributed by atoms with Gasteiger partial charge in [0.1, 0.15) is 0 Å². The quantitative estimate of drug-likeness (QED) is 0.421. The first kappa shape index (κ1) is 14.3. The molecule has 0 bridgehead atoms. The molecule has 1 amide bonds. The summed E-state index contributed by atoms with van der Waals surface area (Å²) in [7, 11) is 0. The molecule has 0 aromatic heterocycles. The normalized spacial score (nSPS) is 17.3. The summed E-state index contributed by atoms with van der Waals surface area (Å²) in [5.74, 6) is -0.0672. The van der Waals surface area contributed by atoms with Crippen molar-refractivity contribution in [2.24, 2.45) is 11.7 Å². The van der Waals surface area contributed by atoms with Crippen molar-refractivity contribution in [2.45, 2.75) is 25.3 Å². The Morgan fingerprint density at radius 3 is 2.70 bits per heavy atom. The zero-order valence-corrected chi connectivity index (χ0v) is 11.3. The second kappa shape index (κ2) is 5.09. The summed E-state index contributed by atoms with van der Waals surface area (Å²) < 4.78 is 0. The summed E-state index contributed by atoms with van der Waals surface area (Å²) in [5, 5.41) is 13.6. The van der Waals surface area contributed by atoms with Crippen LogP contribution >= 0.6 is 0 Å². The molecule has 5 N–H and O–H groups in total. The van der Waals surface area contributed by atoms with Crippen molar-refractivity contribution in [3.05, 3.63) is 33.9 Å². The summed E-state index contributed by atoms with van der Waals surface area (Å²) in [6.45, 7) is 2.20. The molecule has 0 aliphatic heterocycles. The van der Waals surface area contributed by atoms with E-state index in [0.29, 0.717) is 12.5 Å². The Labute approximate surface area is 116 Å². The molecule has 1 atom stereocenters. The highest BCUT2D eigenvalue weighted by Gasteiger charge is 2.41. The zero-order chi connectivity index (χ0) is 14.9. The number of non-ortho nitro benzene ring substituents is 1. The number of hydrogen-bond donors (Lipinski definition) is 3. The zero-order valence-electron chi connectivity index (χ0n) is 11.3. The van der Waals surface area contributed by atoms with Gasteiger partial charge in [-0.3, -0.25) is 14.9 Å². The van der Waals surface area contributed by atoms with Gasteiger partial charge in [-0.15, -0.1) is 0 Å². The fourth-order valence-electron chi connectivity index (χ4n) is 2.22. The molecule has 1 aromatic rings. The van der Waals surface area contributed by atoms with Crippen LogP contribution in [-0.4, -0.2) is 22.9 Å². The molecule has 2 rings (SSSR count). The maximum absolute atomic E-state index is 12.3. The second-order valence-corrected chi connectivity index (χ2v) is 5.38. The fourth-order valence-corrected chi connectivity index (χ4v) is 2.22. The van der Waals surface area contributed by atoms with E-state index >= 15 is 0 Å². The van der Waals surface area contributed by atoms with Crippen molar-refractivity contribution in [1.82, 2.24) is 5.32 Å². The number of nitrogen functional groups attached to an aromatic ring is 1. The molecular weight excluding hydrogens is 260 g/mol. The Morgan fingerprint density at radius 2 is 2.20 bits per heavy atom. The number of nitrogens with two attached hydrogens (primary N) is 2. The predicted molar refractivity (Wildman–Crippen MR) is 75.2 cm³/mol. The van der Waals surface area contributed by atoms with Crippen LogP contribution in [0.2, 0.25) is 0 Å². The van der Waals surface area contributed by atoms with E-state index in [1.165, 1.54) is 18.2 Å². The molecule has 20 heavy (non-hydrogen) atoms. The molecule has 0 heterocycles. The molecular formula is C13H18N4O3. The van der Waals surface area contributed by atoms with E-state index in [1.54, 1.807) is 0 Å². The van der Waals surface area contributed by atoms with Gasteiger partial charge in [0.2, 0.25) is 0 Å². The molecule has 0 radical (unpaired) electrons. The van der Waals surface area contributed by atoms with Crippen molar-refractivity contribution in [3.8, 4) is 0 Å². The lowest BCUT2D eigenvalue weighted by molar-refractivity contribution is -0.384. The van der Waals surface area contributed by atoms with Gasteiger partial charge in [-0.05, 0) is 31.7 Å². The Bertz CT molecular complexity index is 557. The van der Waals surface area contributed by atoms with Gasteiger partial charge in [0, 0.05) is 24.4 Å². The summed E-state index contributed by atoms with van der Waals surface area (Å²) in [4.78, 5) is 22.5. The van der Waals surface area contributed by atoms with E-state index in [0.717, 1.165) is 12.8 Å². The van der Waals surface area contributed by atoms with Gasteiger partial charge in [-0.1, -0.05) is 0 Å². The van der Waals surface area contributed by atoms with E-state index in [9.17, 15) is 14.9 Å². The molecule has 7 heteroatoms. The maximum atomic E-state index is 12.3. The molecule has 1 saturated carbocycles. The van der Waals surface area contributed by atoms with Crippen LogP contribution in [0.3, 0.4) is 0 Å². The van der Waals surface area contributed by atoms with Crippen LogP contribution in [0.1, 0.15) is 30.1 Å². The number of anilines is 1. The molecule has 1 aliphatic rings. The second-order valence-electron chi connectivity index (χ2n) is 5.38. The first-order chi connectivity index (χ1) is 9.37. The van der Waals surface area contributed by atoms with Crippen LogP contribution in [0.25, 0.3) is 0 Å². The van der Waals surface area contributed by atoms with Gasteiger partial charge in [0.15, 0.2) is 0 Å². The summed E-state index contributed by atoms with van der Waals surface area (Å²) in [6.07, 6.45) is 2.05. The van der Waals surface area contributed by atoms with E-state index < -0.39 is 16.4 Å². The third kappa shape index (κ3) is 2.72. The number of hydrogen-bond acceptors (Lipinski definition) is 5. The third-order valence-corrected chi connectivity index (χ3v) is 3.79. The van der Waals surface area contributed by atoms with Gasteiger partial charge in [-0.2, -0.15) is 0 Å². The minimum atomic E-state index is -0.556. The lowest BCUT2D eigenvalue weighted by Crippen LogP contribution is -2.53. The molecule has 1 aromatic carbocycles. The van der Waals surface area contributed by atoms with Gasteiger partial charge in [0.25, 0.3) is 11.6 Å². The topological polar surface area (TPSA) is 124 Å². The SMILES string of the molecule is CC(CN)(NC(=O)c1cc([N+](=O)[O-])ccc1N)C1CC1. The smallest absolute Gasteiger partial charge is 0.270 e. The number of nitro groups is 1. The number of carbonyl (C=O) groups excluding carboxylic acids is 1. The number of nitrogens with zero attached hydrogens (tertiary/aromatic N) is 1. The van der Waals surface area contributed by atoms with E-state index in [-0.39, 0.29) is 16.9 Å². The Morgan fingerprint density at radius 1 is 1.55 bits per heavy atom. The van der Waals surface area contributed by atoms with E-state index in [2.05, 4.69) is 5.32 Å². The minimum absolute atomic E-state index is 0.111. The van der Waals surface area contributed by atoms with Gasteiger partial charge in [0.05, 0.1) is 16.0 Å². The molecule has 7 nitrogen and oxygen atoms in total. The van der Waals surface area contributed by atoms with Crippen molar-refractivity contribution in [3.63, 3.8) is 0 Å². The third-order valence-electron chi connectivity index (χ3n) is 3.79. The summed E-state index contributed by atoms with van der Waals surface area (Å²) in [6, 6.07) is 3.83. The summed E-state index contributed by atoms with van der Waals surface area (Å²) >= 11 is 0. The van der Waals surface area contributed by atoms with Crippen LogP contribution in [0.5, 0.6) is 0 Å². The number of nitro benzene ring substituents is 1. The Hall–Kier alpha value is -2.15. The van der Waals surface area contributed by atoms with Crippen molar-refractivity contribution in [2.75, 3.05) is 12.3 Å². The number of amides is 1. The number of carbonyl (C=O) groups is 1. The van der Waals surface area contributed by atoms with E-state index in [1.807, 2.05) is 6.92 Å². The van der Waals surface area contributed by atoms with Crippen molar-refractivity contribution >= 4 is 17.3 Å². The van der Waals surface area contributed by atoms with E-state index in [4.69, 9.17) is 11.5 Å². The minimum Gasteiger partial charge on any atom is -0.398 e. The molecule has 1 aliphatic carbocycles. The molecule has 108 valence electrons. The monoisotopic (exact) mass is 278 g/mol. The lowest BCUT2D eigenvalue weighted by Gasteiger charge is -2.29. The highest BCUT2D eigenvalue weighted by atomic mass is 16.6. The molecule has 0 spiro atoms. The first-order valence-electron chi connectivity index (χ1n) is 6.44. The standard InChI is InChI=1S/C13H18N4O3/c1-13(7-14,8-2-3-8)16-12(18)10-6-9(17(19)20)4-5-11(10)15/h4-6,8H,2-3,7,14-15H2,1H3,(H,16,18). The summed E-state index contributed by atoms with van der Waals surface area (Å²) in [5.41, 5.74) is 11.1. The maximum Gasteiger partial charge on any atom is 0.270 e. The molecule has 0 saturated heterocycles. The average molecular weight is 278 g/mol. The highest BCUT2D eigenvalue weighted by Crippen LogP contribution is 2.39.